The van der Waals surface area contributed by atoms with Crippen LogP contribution in [0.15, 0.2) is 504 Å². The highest BCUT2D eigenvalue weighted by Gasteiger charge is 2.24. The summed E-state index contributed by atoms with van der Waals surface area (Å²) in [5.41, 5.74) is 26.3. The number of hydrogen-bond acceptors (Lipinski definition) is 0. The lowest BCUT2D eigenvalue weighted by Crippen LogP contribution is -1.92. The molecule has 0 aromatic heterocycles. The van der Waals surface area contributed by atoms with Crippen molar-refractivity contribution in [3.05, 3.63) is 509 Å². The summed E-state index contributed by atoms with van der Waals surface area (Å²) in [6.45, 7) is 2.14. The molecular formula is C131H86. The molecule has 0 saturated heterocycles. The molecule has 0 aliphatic heterocycles. The molecule has 0 unspecified atom stereocenters. The molecule has 0 fully saturated rings. The first kappa shape index (κ1) is 77.6. The van der Waals surface area contributed by atoms with E-state index in [2.05, 4.69) is 510 Å². The molecule has 0 bridgehead atoms. The van der Waals surface area contributed by atoms with E-state index in [1.807, 2.05) is 0 Å². The highest BCUT2D eigenvalue weighted by molar-refractivity contribution is 6.26. The lowest BCUT2D eigenvalue weighted by Gasteiger charge is -2.19. The van der Waals surface area contributed by atoms with Crippen molar-refractivity contribution in [1.82, 2.24) is 0 Å². The second kappa shape index (κ2) is 33.1. The summed E-state index contributed by atoms with van der Waals surface area (Å²) in [7, 11) is 0. The zero-order chi connectivity index (χ0) is 86.8. The Balaban J connectivity index is 0.000000109. The quantitative estimate of drug-likeness (QED) is 0.120. The van der Waals surface area contributed by atoms with E-state index in [4.69, 9.17) is 0 Å². The molecule has 131 heavy (non-hydrogen) atoms. The summed E-state index contributed by atoms with van der Waals surface area (Å²) in [4.78, 5) is 0. The summed E-state index contributed by atoms with van der Waals surface area (Å²) in [6, 6.07) is 185. The molecule has 0 nitrogen and oxygen atoms in total. The zero-order valence-electron chi connectivity index (χ0n) is 72.4. The molecule has 26 aromatic rings. The number of fused-ring (bicyclic) bond motifs is 13. The van der Waals surface area contributed by atoms with E-state index in [9.17, 15) is 0 Å². The predicted octanol–water partition coefficient (Wildman–Crippen LogP) is 37.0. The molecule has 0 spiro atoms. The summed E-state index contributed by atoms with van der Waals surface area (Å²) >= 11 is 0. The van der Waals surface area contributed by atoms with Crippen LogP contribution in [0.4, 0.5) is 0 Å². The third kappa shape index (κ3) is 14.4. The Morgan fingerprint density at radius 2 is 0.244 bits per heavy atom. The average Bonchev–Trinajstić information content (AvgIpc) is 0.733. The molecule has 0 aliphatic carbocycles. The van der Waals surface area contributed by atoms with Gasteiger partial charge in [-0.25, -0.2) is 0 Å². The summed E-state index contributed by atoms with van der Waals surface area (Å²) in [5.74, 6) is 0. The topological polar surface area (TPSA) is 0 Å². The van der Waals surface area contributed by atoms with Crippen LogP contribution in [0.25, 0.3) is 251 Å². The minimum Gasteiger partial charge on any atom is -0.0622 e. The summed E-state index contributed by atoms with van der Waals surface area (Å²) in [5, 5.41) is 32.9. The molecule has 26 rings (SSSR count). The van der Waals surface area contributed by atoms with E-state index in [1.54, 1.807) is 0 Å². The molecule has 0 amide bonds. The first-order valence-corrected chi connectivity index (χ1v) is 45.5. The van der Waals surface area contributed by atoms with Gasteiger partial charge in [0.1, 0.15) is 0 Å². The molecule has 0 radical (unpaired) electrons. The minimum atomic E-state index is 1.21. The maximum absolute atomic E-state index is 2.42. The summed E-state index contributed by atoms with van der Waals surface area (Å²) < 4.78 is 0. The van der Waals surface area contributed by atoms with Gasteiger partial charge in [0.25, 0.3) is 0 Å². The fourth-order valence-corrected chi connectivity index (χ4v) is 20.6. The lowest BCUT2D eigenvalue weighted by atomic mass is 9.84. The van der Waals surface area contributed by atoms with E-state index >= 15 is 0 Å². The largest absolute Gasteiger partial charge is 0.0622 e. The number of rotatable bonds is 10. The number of hydrogen-bond donors (Lipinski definition) is 0. The second-order valence-corrected chi connectivity index (χ2v) is 34.9. The van der Waals surface area contributed by atoms with Gasteiger partial charge in [-0.1, -0.05) is 448 Å². The van der Waals surface area contributed by atoms with Crippen LogP contribution in [0.3, 0.4) is 0 Å². The monoisotopic (exact) mass is 1660 g/mol. The molecule has 0 N–H and O–H groups in total. The minimum absolute atomic E-state index is 1.21. The summed E-state index contributed by atoms with van der Waals surface area (Å²) in [6.07, 6.45) is 0. The fraction of sp³-hybridized carbons (Fsp3) is 0.00763. The van der Waals surface area contributed by atoms with Crippen molar-refractivity contribution in [2.45, 2.75) is 6.92 Å². The third-order valence-corrected chi connectivity index (χ3v) is 27.1. The van der Waals surface area contributed by atoms with Crippen LogP contribution in [-0.4, -0.2) is 0 Å². The van der Waals surface area contributed by atoms with Crippen molar-refractivity contribution in [2.75, 3.05) is 0 Å². The predicted molar refractivity (Wildman–Crippen MR) is 566 cm³/mol. The first-order chi connectivity index (χ1) is 64.8. The third-order valence-electron chi connectivity index (χ3n) is 27.1. The van der Waals surface area contributed by atoms with Gasteiger partial charge >= 0.3 is 0 Å². The maximum Gasteiger partial charge on any atom is -0.00259 e. The van der Waals surface area contributed by atoms with Gasteiger partial charge in [0.05, 0.1) is 0 Å². The van der Waals surface area contributed by atoms with Gasteiger partial charge in [-0.05, 0) is 319 Å². The highest BCUT2D eigenvalue weighted by Crippen LogP contribution is 2.51. The van der Waals surface area contributed by atoms with Crippen molar-refractivity contribution in [1.29, 1.82) is 0 Å². The average molecular weight is 1660 g/mol. The van der Waals surface area contributed by atoms with Crippen molar-refractivity contribution in [2.24, 2.45) is 0 Å². The van der Waals surface area contributed by atoms with Crippen LogP contribution in [0.2, 0.25) is 0 Å². The van der Waals surface area contributed by atoms with Gasteiger partial charge in [0, 0.05) is 0 Å². The SMILES string of the molecule is Cc1ccc(-c2ccc3c(-c4ccc5ccccc5c4)c4ccccc4c(-c4ccc5ccccc5c4)c3c2)cc1.c1ccc(-c2ccc(-c3ccc4c(-c5ccc6ccccc6c5)c5ccccc5c(-c5ccc6ccccc6c5)c4c3)cc2)cc1.c1ccc2cc(-c3ccc4c(-c5ccc6ccccc6c5)c5ccccc5c(-c5ccc6ccccc6c5)c4c3)ccc2c1. The van der Waals surface area contributed by atoms with Crippen molar-refractivity contribution >= 4 is 140 Å². The lowest BCUT2D eigenvalue weighted by molar-refractivity contribution is 1.47. The number of aryl methyl sites for hydroxylation is 1. The number of benzene rings is 26. The van der Waals surface area contributed by atoms with Crippen LogP contribution in [0.1, 0.15) is 5.56 Å². The van der Waals surface area contributed by atoms with Crippen LogP contribution >= 0.6 is 0 Å². The molecule has 0 aliphatic rings. The van der Waals surface area contributed by atoms with Crippen LogP contribution in [-0.2, 0) is 0 Å². The molecule has 0 saturated carbocycles. The van der Waals surface area contributed by atoms with Crippen molar-refractivity contribution in [3.8, 4) is 111 Å². The van der Waals surface area contributed by atoms with E-state index in [0.717, 1.165) is 0 Å². The van der Waals surface area contributed by atoms with Gasteiger partial charge in [0.2, 0.25) is 0 Å². The second-order valence-electron chi connectivity index (χ2n) is 34.9. The smallest absolute Gasteiger partial charge is 0.00259 e. The van der Waals surface area contributed by atoms with E-state index in [-0.39, 0.29) is 0 Å². The van der Waals surface area contributed by atoms with Crippen LogP contribution < -0.4 is 0 Å². The van der Waals surface area contributed by atoms with Crippen molar-refractivity contribution in [3.63, 3.8) is 0 Å². The molecule has 610 valence electrons. The first-order valence-electron chi connectivity index (χ1n) is 45.5. The molecular weight excluding hydrogens is 1570 g/mol. The Labute approximate surface area is 761 Å². The Hall–Kier alpha value is -16.9. The van der Waals surface area contributed by atoms with Crippen molar-refractivity contribution < 1.29 is 0 Å². The van der Waals surface area contributed by atoms with Gasteiger partial charge in [0.15, 0.2) is 0 Å². The van der Waals surface area contributed by atoms with Gasteiger partial charge in [-0.2, -0.15) is 0 Å². The van der Waals surface area contributed by atoms with Crippen LogP contribution in [0.5, 0.6) is 0 Å². The zero-order valence-corrected chi connectivity index (χ0v) is 72.4. The van der Waals surface area contributed by atoms with Crippen LogP contribution in [0, 0.1) is 6.92 Å². The Morgan fingerprint density at radius 1 is 0.0916 bits per heavy atom. The van der Waals surface area contributed by atoms with Gasteiger partial charge < -0.3 is 0 Å². The standard InChI is InChI=1S/C46H30.C44H28.C41H28/c1-2-10-31(11-3-1)34-18-20-35(21-19-34)38-26-27-43-44(30-38)46(40-25-23-33-13-5-7-15-37(33)29-40)42-17-9-8-16-41(42)45(43)39-24-22-32-12-4-6-14-36(32)28-39;1-4-12-32-25-35(20-17-29(32)9-1)36-23-24-41-42(28-36)44(38-22-19-31-11-3-6-14-34(31)27-38)40-16-8-7-15-39(40)43(41)37-21-18-30-10-2-5-13-33(30)26-37;1-27-14-16-30(17-15-27)33-22-23-38-39(26-33)41(35-21-19-29-9-3-5-11-32(29)25-35)37-13-7-6-12-36(37)40(38)34-20-18-28-8-2-4-10-31(28)24-34/h1-30H;1-28H;2-26H,1H3. The van der Waals surface area contributed by atoms with E-state index in [1.165, 1.54) is 257 Å². The Morgan fingerprint density at radius 3 is 0.504 bits per heavy atom. The Kier molecular flexibility index (Phi) is 19.6. The normalized spacial score (nSPS) is 11.5. The molecule has 26 aromatic carbocycles. The maximum atomic E-state index is 2.42. The van der Waals surface area contributed by atoms with E-state index in [0.29, 0.717) is 0 Å². The molecule has 0 atom stereocenters. The molecule has 0 heteroatoms. The van der Waals surface area contributed by atoms with Gasteiger partial charge in [-0.15, -0.1) is 0 Å². The van der Waals surface area contributed by atoms with E-state index < -0.39 is 0 Å². The molecule has 0 heterocycles. The fourth-order valence-electron chi connectivity index (χ4n) is 20.6. The highest BCUT2D eigenvalue weighted by atomic mass is 14.3. The Bertz CT molecular complexity index is 9020. The van der Waals surface area contributed by atoms with Gasteiger partial charge in [-0.3, -0.25) is 0 Å².